The second-order valence-corrected chi connectivity index (χ2v) is 5.80. The molecule has 2 rings (SSSR count). The van der Waals surface area contributed by atoms with Gasteiger partial charge in [0, 0.05) is 6.07 Å². The van der Waals surface area contributed by atoms with Crippen LogP contribution in [0.4, 0.5) is 10.1 Å². The van der Waals surface area contributed by atoms with E-state index in [0.717, 1.165) is 6.07 Å². The molecule has 2 aromatic rings. The first-order valence-corrected chi connectivity index (χ1v) is 8.45. The van der Waals surface area contributed by atoms with E-state index in [2.05, 4.69) is 5.32 Å². The summed E-state index contributed by atoms with van der Waals surface area (Å²) in [5, 5.41) is 14.0. The highest BCUT2D eigenvalue weighted by Crippen LogP contribution is 2.35. The summed E-state index contributed by atoms with van der Waals surface area (Å²) in [4.78, 5) is 23.4. The molecule has 0 saturated heterocycles. The Morgan fingerprint density at radius 2 is 1.86 bits per heavy atom. The van der Waals surface area contributed by atoms with Gasteiger partial charge >= 0.3 is 0 Å². The van der Waals surface area contributed by atoms with Gasteiger partial charge in [-0.25, -0.2) is 4.39 Å². The van der Waals surface area contributed by atoms with E-state index in [1.807, 2.05) is 0 Å². The lowest BCUT2D eigenvalue weighted by Gasteiger charge is -2.16. The number of nitro groups is 1. The molecule has 150 valence electrons. The van der Waals surface area contributed by atoms with Crippen molar-refractivity contribution in [2.24, 2.45) is 0 Å². The van der Waals surface area contributed by atoms with Crippen LogP contribution in [-0.2, 0) is 0 Å². The molecule has 0 heterocycles. The van der Waals surface area contributed by atoms with Gasteiger partial charge < -0.3 is 19.5 Å². The topological polar surface area (TPSA) is 99.9 Å². The van der Waals surface area contributed by atoms with Crippen LogP contribution in [0.25, 0.3) is 0 Å². The molecule has 9 heteroatoms. The Labute approximate surface area is 161 Å². The molecule has 0 aliphatic heterocycles. The molecule has 8 nitrogen and oxygen atoms in total. The summed E-state index contributed by atoms with van der Waals surface area (Å²) in [6.45, 7) is 3.66. The zero-order valence-electron chi connectivity index (χ0n) is 15.9. The number of benzene rings is 2. The second-order valence-electron chi connectivity index (χ2n) is 5.80. The first-order valence-electron chi connectivity index (χ1n) is 8.45. The molecule has 1 N–H and O–H groups in total. The van der Waals surface area contributed by atoms with Crippen LogP contribution in [0.15, 0.2) is 30.3 Å². The Kier molecular flexibility index (Phi) is 6.75. The number of halogens is 1. The fourth-order valence-corrected chi connectivity index (χ4v) is 2.62. The summed E-state index contributed by atoms with van der Waals surface area (Å²) in [5.41, 5.74) is -0.131. The summed E-state index contributed by atoms with van der Waals surface area (Å²) >= 11 is 0. The largest absolute Gasteiger partial charge is 0.494 e. The number of methoxy groups -OCH3 is 2. The van der Waals surface area contributed by atoms with Gasteiger partial charge in [0.1, 0.15) is 5.56 Å². The number of rotatable bonds is 8. The van der Waals surface area contributed by atoms with E-state index in [4.69, 9.17) is 14.2 Å². The molecule has 2 aromatic carbocycles. The van der Waals surface area contributed by atoms with Crippen molar-refractivity contribution in [2.75, 3.05) is 20.8 Å². The number of nitrogens with one attached hydrogen (secondary N) is 1. The maximum atomic E-state index is 13.9. The van der Waals surface area contributed by atoms with Crippen LogP contribution >= 0.6 is 0 Å². The second kappa shape index (κ2) is 9.03. The highest BCUT2D eigenvalue weighted by atomic mass is 19.1. The maximum absolute atomic E-state index is 13.9. The van der Waals surface area contributed by atoms with E-state index < -0.39 is 28.4 Å². The predicted octanol–water partition coefficient (Wildman–Crippen LogP) is 3.64. The third kappa shape index (κ3) is 4.48. The number of nitro benzene ring substituents is 1. The summed E-state index contributed by atoms with van der Waals surface area (Å²) in [5.74, 6) is -0.831. The lowest BCUT2D eigenvalue weighted by atomic mass is 10.1. The number of carbonyl (C=O) groups is 1. The van der Waals surface area contributed by atoms with Crippen LogP contribution in [0.1, 0.15) is 35.8 Å². The van der Waals surface area contributed by atoms with Crippen LogP contribution < -0.4 is 19.5 Å². The van der Waals surface area contributed by atoms with Gasteiger partial charge in [0.2, 0.25) is 0 Å². The summed E-state index contributed by atoms with van der Waals surface area (Å²) in [7, 11) is 2.70. The van der Waals surface area contributed by atoms with E-state index in [9.17, 15) is 19.3 Å². The molecule has 1 atom stereocenters. The van der Waals surface area contributed by atoms with Crippen LogP contribution in [0.5, 0.6) is 17.2 Å². The third-order valence-corrected chi connectivity index (χ3v) is 4.05. The molecule has 0 bridgehead atoms. The molecule has 0 aliphatic rings. The van der Waals surface area contributed by atoms with Crippen molar-refractivity contribution < 1.29 is 28.3 Å². The van der Waals surface area contributed by atoms with Gasteiger partial charge in [0.15, 0.2) is 23.1 Å². The fraction of sp³-hybridized carbons (Fsp3) is 0.316. The normalized spacial score (nSPS) is 11.5. The molecule has 1 amide bonds. The highest BCUT2D eigenvalue weighted by Gasteiger charge is 2.26. The van der Waals surface area contributed by atoms with Crippen molar-refractivity contribution in [3.63, 3.8) is 0 Å². The van der Waals surface area contributed by atoms with Crippen molar-refractivity contribution >= 4 is 11.6 Å². The van der Waals surface area contributed by atoms with Gasteiger partial charge in [-0.1, -0.05) is 6.07 Å². The molecule has 28 heavy (non-hydrogen) atoms. The maximum Gasteiger partial charge on any atom is 0.286 e. The first kappa shape index (κ1) is 20.9. The van der Waals surface area contributed by atoms with E-state index in [1.165, 1.54) is 32.4 Å². The van der Waals surface area contributed by atoms with Crippen LogP contribution in [0.2, 0.25) is 0 Å². The Hall–Kier alpha value is -3.36. The van der Waals surface area contributed by atoms with E-state index in [-0.39, 0.29) is 29.4 Å². The highest BCUT2D eigenvalue weighted by molar-refractivity contribution is 5.99. The van der Waals surface area contributed by atoms with Crippen LogP contribution in [0.3, 0.4) is 0 Å². The number of hydrogen-bond donors (Lipinski definition) is 1. The summed E-state index contributed by atoms with van der Waals surface area (Å²) < 4.78 is 29.3. The molecule has 0 aromatic heterocycles. The number of nitrogens with zero attached hydrogens (tertiary/aromatic N) is 1. The molecule has 0 saturated carbocycles. The molecular weight excluding hydrogens is 371 g/mol. The minimum atomic E-state index is -0.695. The number of amides is 1. The molecular formula is C19H21FN2O6. The number of ether oxygens (including phenoxy) is 3. The van der Waals surface area contributed by atoms with Crippen molar-refractivity contribution in [3.8, 4) is 17.2 Å². The van der Waals surface area contributed by atoms with E-state index in [0.29, 0.717) is 5.56 Å². The SMILES string of the molecule is CCOc1cc(C(=O)NC(C)c2ccc(OC)c(F)c2)c([N+](=O)[O-])cc1OC. The molecule has 0 aliphatic carbocycles. The molecule has 0 fully saturated rings. The lowest BCUT2D eigenvalue weighted by Crippen LogP contribution is -2.27. The van der Waals surface area contributed by atoms with Gasteiger partial charge in [-0.15, -0.1) is 0 Å². The number of hydrogen-bond acceptors (Lipinski definition) is 6. The smallest absolute Gasteiger partial charge is 0.286 e. The summed E-state index contributed by atoms with van der Waals surface area (Å²) in [6.07, 6.45) is 0. The van der Waals surface area contributed by atoms with Gasteiger partial charge in [0.25, 0.3) is 11.6 Å². The summed E-state index contributed by atoms with van der Waals surface area (Å²) in [6, 6.07) is 6.06. The van der Waals surface area contributed by atoms with E-state index >= 15 is 0 Å². The molecule has 0 spiro atoms. The van der Waals surface area contributed by atoms with Gasteiger partial charge in [-0.05, 0) is 31.5 Å². The zero-order chi connectivity index (χ0) is 20.8. The average Bonchev–Trinajstić information content (AvgIpc) is 2.67. The minimum Gasteiger partial charge on any atom is -0.494 e. The van der Waals surface area contributed by atoms with Crippen LogP contribution in [-0.4, -0.2) is 31.7 Å². The monoisotopic (exact) mass is 392 g/mol. The quantitative estimate of drug-likeness (QED) is 0.544. The fourth-order valence-electron chi connectivity index (χ4n) is 2.62. The van der Waals surface area contributed by atoms with Crippen LogP contribution in [0, 0.1) is 15.9 Å². The third-order valence-electron chi connectivity index (χ3n) is 4.05. The van der Waals surface area contributed by atoms with Crippen molar-refractivity contribution in [1.82, 2.24) is 5.32 Å². The van der Waals surface area contributed by atoms with E-state index in [1.54, 1.807) is 19.9 Å². The van der Waals surface area contributed by atoms with Gasteiger partial charge in [-0.2, -0.15) is 0 Å². The Balaban J connectivity index is 2.35. The minimum absolute atomic E-state index is 0.0782. The molecule has 1 unspecified atom stereocenters. The standard InChI is InChI=1S/C19H21FN2O6/c1-5-28-18-9-13(15(22(24)25)10-17(18)27-4)19(23)21-11(2)12-6-7-16(26-3)14(20)8-12/h6-11H,5H2,1-4H3,(H,21,23). The first-order chi connectivity index (χ1) is 13.3. The lowest BCUT2D eigenvalue weighted by molar-refractivity contribution is -0.385. The Morgan fingerprint density at radius 1 is 1.18 bits per heavy atom. The zero-order valence-corrected chi connectivity index (χ0v) is 15.9. The Morgan fingerprint density at radius 3 is 2.39 bits per heavy atom. The number of carbonyl (C=O) groups excluding carboxylic acids is 1. The van der Waals surface area contributed by atoms with Gasteiger partial charge in [-0.3, -0.25) is 14.9 Å². The van der Waals surface area contributed by atoms with Crippen molar-refractivity contribution in [2.45, 2.75) is 19.9 Å². The predicted molar refractivity (Wildman–Crippen MR) is 99.7 cm³/mol. The molecule has 0 radical (unpaired) electrons. The van der Waals surface area contributed by atoms with Crippen molar-refractivity contribution in [1.29, 1.82) is 0 Å². The van der Waals surface area contributed by atoms with Crippen molar-refractivity contribution in [3.05, 3.63) is 57.4 Å². The average molecular weight is 392 g/mol. The Bertz CT molecular complexity index is 887. The van der Waals surface area contributed by atoms with Gasteiger partial charge in [0.05, 0.1) is 37.9 Å².